The van der Waals surface area contributed by atoms with Gasteiger partial charge in [-0.1, -0.05) is 17.7 Å². The first kappa shape index (κ1) is 20.4. The third-order valence-electron chi connectivity index (χ3n) is 5.72. The number of rotatable bonds is 3. The van der Waals surface area contributed by atoms with Gasteiger partial charge in [-0.15, -0.1) is 0 Å². The summed E-state index contributed by atoms with van der Waals surface area (Å²) in [6, 6.07) is 9.84. The Morgan fingerprint density at radius 3 is 2.20 bits per heavy atom. The van der Waals surface area contributed by atoms with Gasteiger partial charge in [-0.05, 0) is 61.7 Å². The zero-order chi connectivity index (χ0) is 21.4. The van der Waals surface area contributed by atoms with Crippen LogP contribution in [-0.2, 0) is 0 Å². The predicted molar refractivity (Wildman–Crippen MR) is 120 cm³/mol. The Morgan fingerprint density at radius 2 is 1.57 bits per heavy atom. The fourth-order valence-corrected chi connectivity index (χ4v) is 3.97. The predicted octanol–water partition coefficient (Wildman–Crippen LogP) is 4.18. The highest BCUT2D eigenvalue weighted by atomic mass is 35.5. The first-order valence-electron chi connectivity index (χ1n) is 10.0. The lowest BCUT2D eigenvalue weighted by Gasteiger charge is -2.36. The molecular formula is C23H25ClN4O2. The van der Waals surface area contributed by atoms with E-state index < -0.39 is 0 Å². The van der Waals surface area contributed by atoms with Crippen molar-refractivity contribution in [1.82, 2.24) is 14.9 Å². The molecule has 0 unspecified atom stereocenters. The molecule has 30 heavy (non-hydrogen) atoms. The van der Waals surface area contributed by atoms with Gasteiger partial charge in [0, 0.05) is 36.9 Å². The minimum atomic E-state index is -0.151. The van der Waals surface area contributed by atoms with Gasteiger partial charge in [0.05, 0.1) is 18.1 Å². The molecule has 1 amide bonds. The number of amides is 1. The summed E-state index contributed by atoms with van der Waals surface area (Å²) in [5.74, 6) is 0.116. The lowest BCUT2D eigenvalue weighted by atomic mass is 10.1. The fourth-order valence-electron chi connectivity index (χ4n) is 3.80. The summed E-state index contributed by atoms with van der Waals surface area (Å²) in [5.41, 5.74) is 6.23. The van der Waals surface area contributed by atoms with E-state index in [0.717, 1.165) is 40.4 Å². The number of piperazine rings is 1. The van der Waals surface area contributed by atoms with Crippen LogP contribution in [0.3, 0.4) is 0 Å². The molecule has 1 aliphatic heterocycles. The van der Waals surface area contributed by atoms with Gasteiger partial charge in [0.15, 0.2) is 5.69 Å². The molecule has 3 aromatic rings. The molecule has 0 atom stereocenters. The molecule has 0 radical (unpaired) electrons. The maximum Gasteiger partial charge on any atom is 0.278 e. The Morgan fingerprint density at radius 1 is 0.933 bits per heavy atom. The molecule has 0 spiro atoms. The van der Waals surface area contributed by atoms with E-state index in [1.807, 2.05) is 49.1 Å². The number of ether oxygens (including phenoxy) is 1. The number of methoxy groups -OCH3 is 1. The average Bonchev–Trinajstić information content (AvgIpc) is 2.75. The monoisotopic (exact) mass is 424 g/mol. The summed E-state index contributed by atoms with van der Waals surface area (Å²) in [4.78, 5) is 26.5. The second kappa shape index (κ2) is 8.11. The van der Waals surface area contributed by atoms with Gasteiger partial charge in [-0.3, -0.25) is 4.79 Å². The summed E-state index contributed by atoms with van der Waals surface area (Å²) in [6.07, 6.45) is 0. The third kappa shape index (κ3) is 3.79. The molecule has 0 bridgehead atoms. The number of carbonyl (C=O) groups excluding carboxylic acids is 1. The highest BCUT2D eigenvalue weighted by molar-refractivity contribution is 6.30. The van der Waals surface area contributed by atoms with Crippen molar-refractivity contribution in [3.05, 3.63) is 57.7 Å². The minimum absolute atomic E-state index is 0.151. The number of carbonyl (C=O) groups is 1. The molecule has 0 saturated carbocycles. The number of halogens is 1. The van der Waals surface area contributed by atoms with Crippen LogP contribution in [0, 0.1) is 20.8 Å². The van der Waals surface area contributed by atoms with Crippen molar-refractivity contribution in [2.45, 2.75) is 20.8 Å². The largest absolute Gasteiger partial charge is 0.479 e. The van der Waals surface area contributed by atoms with Gasteiger partial charge in [-0.2, -0.15) is 0 Å². The van der Waals surface area contributed by atoms with Gasteiger partial charge in [0.25, 0.3) is 5.91 Å². The molecule has 4 rings (SSSR count). The summed E-state index contributed by atoms with van der Waals surface area (Å²) in [6.45, 7) is 8.79. The Balaban J connectivity index is 1.57. The molecule has 156 valence electrons. The Kier molecular flexibility index (Phi) is 5.52. The lowest BCUT2D eigenvalue weighted by molar-refractivity contribution is 0.0736. The highest BCUT2D eigenvalue weighted by Crippen LogP contribution is 2.27. The summed E-state index contributed by atoms with van der Waals surface area (Å²) in [5, 5.41) is 0.718. The van der Waals surface area contributed by atoms with E-state index in [-0.39, 0.29) is 17.5 Å². The number of aromatic nitrogens is 2. The van der Waals surface area contributed by atoms with Crippen LogP contribution < -0.4 is 9.64 Å². The van der Waals surface area contributed by atoms with E-state index in [0.29, 0.717) is 18.6 Å². The maximum atomic E-state index is 13.2. The summed E-state index contributed by atoms with van der Waals surface area (Å²) >= 11 is 6.18. The molecule has 1 aromatic heterocycles. The number of hydrogen-bond donors (Lipinski definition) is 0. The van der Waals surface area contributed by atoms with Gasteiger partial charge in [-0.25, -0.2) is 9.97 Å². The average molecular weight is 425 g/mol. The number of anilines is 1. The molecule has 0 aliphatic carbocycles. The zero-order valence-corrected chi connectivity index (χ0v) is 18.5. The topological polar surface area (TPSA) is 58.6 Å². The van der Waals surface area contributed by atoms with Gasteiger partial charge in [0.1, 0.15) is 0 Å². The Labute approximate surface area is 181 Å². The second-order valence-corrected chi connectivity index (χ2v) is 8.15. The Hall–Kier alpha value is -2.86. The van der Waals surface area contributed by atoms with Gasteiger partial charge in [0.2, 0.25) is 5.88 Å². The first-order valence-corrected chi connectivity index (χ1v) is 10.4. The minimum Gasteiger partial charge on any atom is -0.479 e. The molecule has 6 nitrogen and oxygen atoms in total. The van der Waals surface area contributed by atoms with Crippen molar-refractivity contribution >= 4 is 34.2 Å². The fraction of sp³-hybridized carbons (Fsp3) is 0.348. The quantitative estimate of drug-likeness (QED) is 0.631. The zero-order valence-electron chi connectivity index (χ0n) is 17.7. The maximum absolute atomic E-state index is 13.2. The Bertz CT molecular complexity index is 1120. The standard InChI is InChI=1S/C23H25ClN4O2/c1-14-5-6-17(24)13-20(14)27-7-9-28(10-8-27)23(29)21-22(30-4)26-19-12-16(3)15(2)11-18(19)25-21/h5-6,11-13H,7-10H2,1-4H3. The summed E-state index contributed by atoms with van der Waals surface area (Å²) in [7, 11) is 1.52. The van der Waals surface area contributed by atoms with Crippen LogP contribution in [0.4, 0.5) is 5.69 Å². The lowest BCUT2D eigenvalue weighted by Crippen LogP contribution is -2.49. The molecule has 1 saturated heterocycles. The molecule has 2 heterocycles. The first-order chi connectivity index (χ1) is 14.4. The molecule has 1 fully saturated rings. The molecule has 7 heteroatoms. The molecule has 2 aromatic carbocycles. The number of benzene rings is 2. The van der Waals surface area contributed by atoms with Crippen LogP contribution in [0.15, 0.2) is 30.3 Å². The number of nitrogens with zero attached hydrogens (tertiary/aromatic N) is 4. The number of fused-ring (bicyclic) bond motifs is 1. The van der Waals surface area contributed by atoms with E-state index in [1.54, 1.807) is 0 Å². The van der Waals surface area contributed by atoms with Crippen molar-refractivity contribution in [2.75, 3.05) is 38.2 Å². The normalized spacial score (nSPS) is 14.3. The van der Waals surface area contributed by atoms with E-state index in [4.69, 9.17) is 16.3 Å². The van der Waals surface area contributed by atoms with Crippen LogP contribution in [0.1, 0.15) is 27.2 Å². The van der Waals surface area contributed by atoms with Gasteiger partial charge < -0.3 is 14.5 Å². The van der Waals surface area contributed by atoms with Crippen LogP contribution in [0.5, 0.6) is 5.88 Å². The van der Waals surface area contributed by atoms with Crippen LogP contribution in [0.25, 0.3) is 11.0 Å². The highest BCUT2D eigenvalue weighted by Gasteiger charge is 2.27. The SMILES string of the molecule is COc1nc2cc(C)c(C)cc2nc1C(=O)N1CCN(c2cc(Cl)ccc2C)CC1. The number of hydrogen-bond acceptors (Lipinski definition) is 5. The smallest absolute Gasteiger partial charge is 0.278 e. The van der Waals surface area contributed by atoms with Crippen molar-refractivity contribution in [1.29, 1.82) is 0 Å². The third-order valence-corrected chi connectivity index (χ3v) is 5.96. The van der Waals surface area contributed by atoms with E-state index >= 15 is 0 Å². The van der Waals surface area contributed by atoms with Crippen LogP contribution in [0.2, 0.25) is 5.02 Å². The number of aryl methyl sites for hydroxylation is 3. The van der Waals surface area contributed by atoms with Crippen molar-refractivity contribution < 1.29 is 9.53 Å². The van der Waals surface area contributed by atoms with Crippen LogP contribution >= 0.6 is 11.6 Å². The molecule has 0 N–H and O–H groups in total. The van der Waals surface area contributed by atoms with E-state index in [9.17, 15) is 4.79 Å². The summed E-state index contributed by atoms with van der Waals surface area (Å²) < 4.78 is 5.41. The molecule has 1 aliphatic rings. The molecular weight excluding hydrogens is 400 g/mol. The second-order valence-electron chi connectivity index (χ2n) is 7.72. The van der Waals surface area contributed by atoms with Crippen molar-refractivity contribution in [3.8, 4) is 5.88 Å². The van der Waals surface area contributed by atoms with Crippen molar-refractivity contribution in [2.24, 2.45) is 0 Å². The van der Waals surface area contributed by atoms with E-state index in [2.05, 4.69) is 21.8 Å². The van der Waals surface area contributed by atoms with Crippen molar-refractivity contribution in [3.63, 3.8) is 0 Å². The van der Waals surface area contributed by atoms with Crippen LogP contribution in [-0.4, -0.2) is 54.1 Å². The van der Waals surface area contributed by atoms with E-state index in [1.165, 1.54) is 12.7 Å². The van der Waals surface area contributed by atoms with Gasteiger partial charge >= 0.3 is 0 Å².